The molecule has 2 N–H and O–H groups in total. The van der Waals surface area contributed by atoms with Gasteiger partial charge in [0.1, 0.15) is 5.75 Å². The van der Waals surface area contributed by atoms with Crippen molar-refractivity contribution in [2.45, 2.75) is 24.0 Å². The summed E-state index contributed by atoms with van der Waals surface area (Å²) >= 11 is 1.67. The normalized spacial score (nSPS) is 14.3. The van der Waals surface area contributed by atoms with Gasteiger partial charge in [-0.3, -0.25) is 0 Å². The highest BCUT2D eigenvalue weighted by Gasteiger charge is 2.20. The number of aliphatic hydroxyl groups is 1. The van der Waals surface area contributed by atoms with Crippen LogP contribution in [0.3, 0.4) is 0 Å². The van der Waals surface area contributed by atoms with Crippen LogP contribution in [0.2, 0.25) is 0 Å². The van der Waals surface area contributed by atoms with Crippen LogP contribution >= 0.6 is 11.8 Å². The standard InChI is InChI=1S/C15H26N2O2S/c1-15(18,11-17(2)3)10-16-9-12-6-7-13(19-4)14(8-12)20-5/h6-8,16,18H,9-11H2,1-5H3. The number of benzene rings is 1. The third-order valence-corrected chi connectivity index (χ3v) is 3.70. The van der Waals surface area contributed by atoms with Crippen LogP contribution in [0.4, 0.5) is 0 Å². The van der Waals surface area contributed by atoms with Gasteiger partial charge in [-0.1, -0.05) is 6.07 Å². The number of hydrogen-bond acceptors (Lipinski definition) is 5. The molecule has 0 aromatic heterocycles. The van der Waals surface area contributed by atoms with Crippen LogP contribution in [-0.4, -0.2) is 56.2 Å². The molecule has 1 rings (SSSR count). The monoisotopic (exact) mass is 298 g/mol. The summed E-state index contributed by atoms with van der Waals surface area (Å²) in [5.74, 6) is 0.904. The van der Waals surface area contributed by atoms with E-state index in [9.17, 15) is 5.11 Å². The Kier molecular flexibility index (Phi) is 6.82. The average Bonchev–Trinajstić information content (AvgIpc) is 2.36. The zero-order chi connectivity index (χ0) is 15.2. The fraction of sp³-hybridized carbons (Fsp3) is 0.600. The van der Waals surface area contributed by atoms with Gasteiger partial charge in [0.2, 0.25) is 0 Å². The lowest BCUT2D eigenvalue weighted by Gasteiger charge is -2.27. The van der Waals surface area contributed by atoms with Gasteiger partial charge in [-0.15, -0.1) is 11.8 Å². The largest absolute Gasteiger partial charge is 0.496 e. The summed E-state index contributed by atoms with van der Waals surface area (Å²) < 4.78 is 5.31. The molecule has 5 heteroatoms. The summed E-state index contributed by atoms with van der Waals surface area (Å²) in [5, 5.41) is 13.5. The molecule has 1 aromatic carbocycles. The Hall–Kier alpha value is -0.750. The van der Waals surface area contributed by atoms with Gasteiger partial charge in [-0.25, -0.2) is 0 Å². The minimum atomic E-state index is -0.724. The van der Waals surface area contributed by atoms with Crippen molar-refractivity contribution in [3.63, 3.8) is 0 Å². The molecular formula is C15H26N2O2S. The molecule has 1 unspecified atom stereocenters. The van der Waals surface area contributed by atoms with E-state index in [2.05, 4.69) is 11.4 Å². The summed E-state index contributed by atoms with van der Waals surface area (Å²) in [6.07, 6.45) is 2.04. The maximum atomic E-state index is 10.2. The topological polar surface area (TPSA) is 44.7 Å². The zero-order valence-corrected chi connectivity index (χ0v) is 13.9. The van der Waals surface area contributed by atoms with E-state index in [-0.39, 0.29) is 0 Å². The minimum absolute atomic E-state index is 0.561. The van der Waals surface area contributed by atoms with E-state index in [1.54, 1.807) is 18.9 Å². The Morgan fingerprint density at radius 2 is 2.10 bits per heavy atom. The molecular weight excluding hydrogens is 272 g/mol. The van der Waals surface area contributed by atoms with Gasteiger partial charge in [0.15, 0.2) is 0 Å². The maximum absolute atomic E-state index is 10.2. The first-order valence-corrected chi connectivity index (χ1v) is 7.89. The van der Waals surface area contributed by atoms with Gasteiger partial charge in [0.05, 0.1) is 12.7 Å². The maximum Gasteiger partial charge on any atom is 0.132 e. The van der Waals surface area contributed by atoms with Crippen molar-refractivity contribution in [3.8, 4) is 5.75 Å². The fourth-order valence-corrected chi connectivity index (χ4v) is 2.83. The lowest BCUT2D eigenvalue weighted by atomic mass is 10.1. The highest BCUT2D eigenvalue weighted by atomic mass is 32.2. The Morgan fingerprint density at radius 3 is 2.65 bits per heavy atom. The zero-order valence-electron chi connectivity index (χ0n) is 13.1. The van der Waals surface area contributed by atoms with Crippen LogP contribution in [0.1, 0.15) is 12.5 Å². The SMILES string of the molecule is COc1ccc(CNCC(C)(O)CN(C)C)cc1SC. The molecule has 0 spiro atoms. The van der Waals surface area contributed by atoms with Crippen LogP contribution in [-0.2, 0) is 6.54 Å². The number of likely N-dealkylation sites (N-methyl/N-ethyl adjacent to an activating group) is 1. The van der Waals surface area contributed by atoms with Gasteiger partial charge in [-0.2, -0.15) is 0 Å². The molecule has 0 amide bonds. The van der Waals surface area contributed by atoms with Crippen molar-refractivity contribution in [1.29, 1.82) is 0 Å². The molecule has 0 bridgehead atoms. The van der Waals surface area contributed by atoms with E-state index in [4.69, 9.17) is 4.74 Å². The Balaban J connectivity index is 2.54. The third kappa shape index (κ3) is 5.71. The molecule has 0 saturated heterocycles. The van der Waals surface area contributed by atoms with Crippen LogP contribution in [0.25, 0.3) is 0 Å². The van der Waals surface area contributed by atoms with Crippen molar-refractivity contribution < 1.29 is 9.84 Å². The Morgan fingerprint density at radius 1 is 1.40 bits per heavy atom. The minimum Gasteiger partial charge on any atom is -0.496 e. The lowest BCUT2D eigenvalue weighted by molar-refractivity contribution is 0.0336. The predicted molar refractivity (Wildman–Crippen MR) is 85.7 cm³/mol. The summed E-state index contributed by atoms with van der Waals surface area (Å²) in [7, 11) is 5.61. The van der Waals surface area contributed by atoms with Gasteiger partial charge in [0.25, 0.3) is 0 Å². The smallest absolute Gasteiger partial charge is 0.132 e. The van der Waals surface area contributed by atoms with Crippen molar-refractivity contribution in [2.24, 2.45) is 0 Å². The molecule has 114 valence electrons. The van der Waals surface area contributed by atoms with E-state index >= 15 is 0 Å². The van der Waals surface area contributed by atoms with Crippen LogP contribution in [0, 0.1) is 0 Å². The van der Waals surface area contributed by atoms with Crippen LogP contribution < -0.4 is 10.1 Å². The number of ether oxygens (including phenoxy) is 1. The summed E-state index contributed by atoms with van der Waals surface area (Å²) in [6.45, 7) is 3.78. The van der Waals surface area contributed by atoms with E-state index in [0.717, 1.165) is 17.2 Å². The number of rotatable bonds is 8. The Bertz CT molecular complexity index is 422. The molecule has 1 atom stereocenters. The third-order valence-electron chi connectivity index (χ3n) is 2.94. The highest BCUT2D eigenvalue weighted by Crippen LogP contribution is 2.28. The second-order valence-corrected chi connectivity index (χ2v) is 6.38. The number of nitrogens with zero attached hydrogens (tertiary/aromatic N) is 1. The molecule has 4 nitrogen and oxygen atoms in total. The summed E-state index contributed by atoms with van der Waals surface area (Å²) in [6, 6.07) is 6.16. The average molecular weight is 298 g/mol. The first-order valence-electron chi connectivity index (χ1n) is 6.66. The van der Waals surface area contributed by atoms with Crippen LogP contribution in [0.5, 0.6) is 5.75 Å². The summed E-state index contributed by atoms with van der Waals surface area (Å²) in [5.41, 5.74) is 0.467. The second kappa shape index (κ2) is 7.88. The van der Waals surface area contributed by atoms with E-state index in [1.165, 1.54) is 5.56 Å². The molecule has 0 saturated carbocycles. The molecule has 0 heterocycles. The van der Waals surface area contributed by atoms with Gasteiger partial charge >= 0.3 is 0 Å². The van der Waals surface area contributed by atoms with E-state index in [1.807, 2.05) is 44.3 Å². The first-order chi connectivity index (χ1) is 9.38. The number of hydrogen-bond donors (Lipinski definition) is 2. The lowest BCUT2D eigenvalue weighted by Crippen LogP contribution is -2.45. The quantitative estimate of drug-likeness (QED) is 0.717. The van der Waals surface area contributed by atoms with Crippen LogP contribution in [0.15, 0.2) is 23.1 Å². The fourth-order valence-electron chi connectivity index (χ4n) is 2.20. The summed E-state index contributed by atoms with van der Waals surface area (Å²) in [4.78, 5) is 3.12. The van der Waals surface area contributed by atoms with Gasteiger partial charge in [-0.05, 0) is 45.0 Å². The number of methoxy groups -OCH3 is 1. The predicted octanol–water partition coefficient (Wildman–Crippen LogP) is 1.82. The van der Waals surface area contributed by atoms with Crippen molar-refractivity contribution >= 4 is 11.8 Å². The second-order valence-electron chi connectivity index (χ2n) is 5.53. The number of thioether (sulfide) groups is 1. The van der Waals surface area contributed by atoms with Gasteiger partial charge < -0.3 is 20.1 Å². The molecule has 0 radical (unpaired) electrons. The molecule has 0 aliphatic rings. The molecule has 1 aromatic rings. The van der Waals surface area contributed by atoms with Crippen molar-refractivity contribution in [3.05, 3.63) is 23.8 Å². The molecule has 0 fully saturated rings. The van der Waals surface area contributed by atoms with Gasteiger partial charge in [0, 0.05) is 24.5 Å². The number of nitrogens with one attached hydrogen (secondary N) is 1. The Labute approximate surface area is 126 Å². The van der Waals surface area contributed by atoms with Crippen molar-refractivity contribution in [2.75, 3.05) is 40.6 Å². The van der Waals surface area contributed by atoms with E-state index in [0.29, 0.717) is 13.1 Å². The molecule has 0 aliphatic carbocycles. The molecule has 0 aliphatic heterocycles. The van der Waals surface area contributed by atoms with Crippen molar-refractivity contribution in [1.82, 2.24) is 10.2 Å². The first kappa shape index (κ1) is 17.3. The van der Waals surface area contributed by atoms with E-state index < -0.39 is 5.60 Å². The highest BCUT2D eigenvalue weighted by molar-refractivity contribution is 7.98. The molecule has 20 heavy (non-hydrogen) atoms.